The monoisotopic (exact) mass is 284 g/mol. The molecule has 0 saturated carbocycles. The van der Waals surface area contributed by atoms with Gasteiger partial charge in [0.25, 0.3) is 0 Å². The summed E-state index contributed by atoms with van der Waals surface area (Å²) in [4.78, 5) is 2.37. The van der Waals surface area contributed by atoms with Crippen LogP contribution in [0.1, 0.15) is 18.4 Å². The topological polar surface area (TPSA) is 29.3 Å². The summed E-state index contributed by atoms with van der Waals surface area (Å²) in [5, 5.41) is 0. The van der Waals surface area contributed by atoms with Gasteiger partial charge in [-0.2, -0.15) is 0 Å². The van der Waals surface area contributed by atoms with Crippen molar-refractivity contribution in [2.24, 2.45) is 5.73 Å². The number of nitrogens with two attached hydrogens (primary N) is 1. The molecule has 0 spiro atoms. The number of hydrogen-bond donors (Lipinski definition) is 1. The Hall–Kier alpha value is -0.380. The van der Waals surface area contributed by atoms with Gasteiger partial charge in [0, 0.05) is 11.0 Å². The largest absolute Gasteiger partial charge is 0.330 e. The van der Waals surface area contributed by atoms with E-state index in [4.69, 9.17) is 5.73 Å². The summed E-state index contributed by atoms with van der Waals surface area (Å²) < 4.78 is 1.21. The fraction of sp³-hybridized carbons (Fsp3) is 0.538. The quantitative estimate of drug-likeness (QED) is 0.780. The molecule has 2 nitrogen and oxygen atoms in total. The van der Waals surface area contributed by atoms with Gasteiger partial charge in [0.2, 0.25) is 0 Å². The first-order chi connectivity index (χ1) is 7.74. The Bertz CT molecular complexity index is 302. The molecule has 0 atom stereocenters. The number of rotatable bonds is 7. The molecule has 0 heterocycles. The number of benzene rings is 1. The summed E-state index contributed by atoms with van der Waals surface area (Å²) in [6.45, 7) is 3.05. The van der Waals surface area contributed by atoms with Crippen molar-refractivity contribution in [3.05, 3.63) is 34.3 Å². The van der Waals surface area contributed by atoms with Crippen LogP contribution in [-0.4, -0.2) is 31.6 Å². The first kappa shape index (κ1) is 13.7. The Kier molecular flexibility index (Phi) is 6.69. The van der Waals surface area contributed by atoms with Gasteiger partial charge in [0.15, 0.2) is 0 Å². The molecule has 90 valence electrons. The van der Waals surface area contributed by atoms with Gasteiger partial charge in [-0.15, -0.1) is 0 Å². The average molecular weight is 285 g/mol. The maximum absolute atomic E-state index is 5.47. The van der Waals surface area contributed by atoms with Crippen molar-refractivity contribution in [1.82, 2.24) is 4.90 Å². The second-order valence-corrected chi connectivity index (χ2v) is 4.99. The van der Waals surface area contributed by atoms with Crippen molar-refractivity contribution in [2.45, 2.75) is 19.3 Å². The minimum Gasteiger partial charge on any atom is -0.330 e. The van der Waals surface area contributed by atoms with Gasteiger partial charge in [-0.25, -0.2) is 0 Å². The molecule has 0 aliphatic heterocycles. The zero-order valence-electron chi connectivity index (χ0n) is 9.95. The van der Waals surface area contributed by atoms with E-state index in [0.29, 0.717) is 0 Å². The van der Waals surface area contributed by atoms with Gasteiger partial charge in [0.05, 0.1) is 0 Å². The Morgan fingerprint density at radius 1 is 1.19 bits per heavy atom. The minimum absolute atomic E-state index is 0.804. The summed E-state index contributed by atoms with van der Waals surface area (Å²) in [5.74, 6) is 0. The van der Waals surface area contributed by atoms with Gasteiger partial charge in [-0.05, 0) is 51.0 Å². The molecule has 0 aliphatic rings. The first-order valence-electron chi connectivity index (χ1n) is 5.86. The predicted molar refractivity (Wildman–Crippen MR) is 73.6 cm³/mol. The third-order valence-electron chi connectivity index (χ3n) is 2.71. The molecular weight excluding hydrogens is 264 g/mol. The van der Waals surface area contributed by atoms with E-state index in [1.165, 1.54) is 16.5 Å². The molecule has 0 fully saturated rings. The van der Waals surface area contributed by atoms with E-state index in [0.717, 1.165) is 32.5 Å². The summed E-state index contributed by atoms with van der Waals surface area (Å²) in [7, 11) is 2.17. The van der Waals surface area contributed by atoms with E-state index in [1.54, 1.807) is 0 Å². The molecule has 0 amide bonds. The third-order valence-corrected chi connectivity index (χ3v) is 3.49. The second-order valence-electron chi connectivity index (χ2n) is 4.14. The Morgan fingerprint density at radius 2 is 1.94 bits per heavy atom. The zero-order chi connectivity index (χ0) is 11.8. The van der Waals surface area contributed by atoms with E-state index in [2.05, 4.69) is 52.1 Å². The summed E-state index contributed by atoms with van der Waals surface area (Å²) in [5.41, 5.74) is 6.86. The third kappa shape index (κ3) is 5.10. The summed E-state index contributed by atoms with van der Waals surface area (Å²) in [6, 6.07) is 8.43. The standard InChI is InChI=1S/C13H21BrN2/c1-16(10-5-4-9-15)11-8-12-6-2-3-7-13(12)14/h2-3,6-7H,4-5,8-11,15H2,1H3. The smallest absolute Gasteiger partial charge is 0.0207 e. The molecule has 3 heteroatoms. The van der Waals surface area contributed by atoms with Crippen molar-refractivity contribution in [2.75, 3.05) is 26.7 Å². The van der Waals surface area contributed by atoms with Gasteiger partial charge >= 0.3 is 0 Å². The molecule has 1 rings (SSSR count). The lowest BCUT2D eigenvalue weighted by Gasteiger charge is -2.16. The van der Waals surface area contributed by atoms with Crippen LogP contribution in [0.15, 0.2) is 28.7 Å². The molecule has 0 bridgehead atoms. The predicted octanol–water partition coefficient (Wildman–Crippen LogP) is 2.66. The van der Waals surface area contributed by atoms with Crippen LogP contribution in [0.25, 0.3) is 0 Å². The lowest BCUT2D eigenvalue weighted by molar-refractivity contribution is 0.330. The summed E-state index contributed by atoms with van der Waals surface area (Å²) >= 11 is 3.58. The maximum atomic E-state index is 5.47. The van der Waals surface area contributed by atoms with Gasteiger partial charge in [0.1, 0.15) is 0 Å². The van der Waals surface area contributed by atoms with E-state index in [1.807, 2.05) is 0 Å². The molecular formula is C13H21BrN2. The molecule has 0 unspecified atom stereocenters. The van der Waals surface area contributed by atoms with E-state index in [-0.39, 0.29) is 0 Å². The average Bonchev–Trinajstić information content (AvgIpc) is 2.28. The Labute approximate surface area is 107 Å². The lowest BCUT2D eigenvalue weighted by atomic mass is 10.1. The minimum atomic E-state index is 0.804. The molecule has 2 N–H and O–H groups in total. The number of hydrogen-bond acceptors (Lipinski definition) is 2. The highest BCUT2D eigenvalue weighted by Crippen LogP contribution is 2.16. The first-order valence-corrected chi connectivity index (χ1v) is 6.65. The van der Waals surface area contributed by atoms with Crippen LogP contribution >= 0.6 is 15.9 Å². The molecule has 0 aliphatic carbocycles. The fourth-order valence-electron chi connectivity index (χ4n) is 1.65. The van der Waals surface area contributed by atoms with Gasteiger partial charge < -0.3 is 10.6 Å². The van der Waals surface area contributed by atoms with Crippen LogP contribution in [0.5, 0.6) is 0 Å². The van der Waals surface area contributed by atoms with Crippen LogP contribution in [0.3, 0.4) is 0 Å². The Morgan fingerprint density at radius 3 is 2.62 bits per heavy atom. The number of halogens is 1. The van der Waals surface area contributed by atoms with E-state index >= 15 is 0 Å². The highest BCUT2D eigenvalue weighted by atomic mass is 79.9. The van der Waals surface area contributed by atoms with Crippen LogP contribution in [0.2, 0.25) is 0 Å². The van der Waals surface area contributed by atoms with Crippen molar-refractivity contribution in [3.63, 3.8) is 0 Å². The molecule has 0 saturated heterocycles. The van der Waals surface area contributed by atoms with Gasteiger partial charge in [-0.3, -0.25) is 0 Å². The van der Waals surface area contributed by atoms with Crippen LogP contribution in [-0.2, 0) is 6.42 Å². The zero-order valence-corrected chi connectivity index (χ0v) is 11.5. The fourth-order valence-corrected chi connectivity index (χ4v) is 2.13. The molecule has 1 aromatic carbocycles. The molecule has 1 aromatic rings. The molecule has 0 aromatic heterocycles. The van der Waals surface area contributed by atoms with E-state index < -0.39 is 0 Å². The van der Waals surface area contributed by atoms with Crippen LogP contribution in [0, 0.1) is 0 Å². The maximum Gasteiger partial charge on any atom is 0.0207 e. The molecule has 0 radical (unpaired) electrons. The number of unbranched alkanes of at least 4 members (excludes halogenated alkanes) is 1. The second kappa shape index (κ2) is 7.82. The normalized spacial score (nSPS) is 11.0. The van der Waals surface area contributed by atoms with Crippen molar-refractivity contribution in [1.29, 1.82) is 0 Å². The Balaban J connectivity index is 2.26. The highest BCUT2D eigenvalue weighted by Gasteiger charge is 2.01. The van der Waals surface area contributed by atoms with Crippen LogP contribution in [0.4, 0.5) is 0 Å². The van der Waals surface area contributed by atoms with Crippen LogP contribution < -0.4 is 5.73 Å². The number of likely N-dealkylation sites (N-methyl/N-ethyl adjacent to an activating group) is 1. The highest BCUT2D eigenvalue weighted by molar-refractivity contribution is 9.10. The molecule has 16 heavy (non-hydrogen) atoms. The number of nitrogens with zero attached hydrogens (tertiary/aromatic N) is 1. The van der Waals surface area contributed by atoms with E-state index in [9.17, 15) is 0 Å². The van der Waals surface area contributed by atoms with Crippen molar-refractivity contribution >= 4 is 15.9 Å². The van der Waals surface area contributed by atoms with Gasteiger partial charge in [-0.1, -0.05) is 34.1 Å². The van der Waals surface area contributed by atoms with Crippen molar-refractivity contribution in [3.8, 4) is 0 Å². The lowest BCUT2D eigenvalue weighted by Crippen LogP contribution is -2.23. The summed E-state index contributed by atoms with van der Waals surface area (Å²) in [6.07, 6.45) is 3.42. The van der Waals surface area contributed by atoms with Crippen molar-refractivity contribution < 1.29 is 0 Å². The SMILES string of the molecule is CN(CCCCN)CCc1ccccc1Br.